The van der Waals surface area contributed by atoms with Crippen LogP contribution in [0.5, 0.6) is 0 Å². The summed E-state index contributed by atoms with van der Waals surface area (Å²) in [7, 11) is -12.5. The number of aryl methyl sites for hydroxylation is 4. The van der Waals surface area contributed by atoms with E-state index in [1.54, 1.807) is 12.1 Å². The van der Waals surface area contributed by atoms with E-state index in [2.05, 4.69) is 9.44 Å². The minimum absolute atomic E-state index is 0. The van der Waals surface area contributed by atoms with Gasteiger partial charge in [-0.2, -0.15) is 26.3 Å². The zero-order valence-corrected chi connectivity index (χ0v) is 22.6. The van der Waals surface area contributed by atoms with Crippen molar-refractivity contribution in [2.75, 3.05) is 0 Å². The molecular formula is C21H23AlF6N2O4S2. The smallest absolute Gasteiger partial charge is 0.536 e. The number of halogens is 6. The largest absolute Gasteiger partial charge is 3.00 e. The van der Waals surface area contributed by atoms with Crippen LogP contribution in [0.4, 0.5) is 26.3 Å². The van der Waals surface area contributed by atoms with Gasteiger partial charge in [0.15, 0.2) is 20.0 Å². The molecule has 0 aromatic heterocycles. The van der Waals surface area contributed by atoms with Crippen LogP contribution in [-0.4, -0.2) is 45.2 Å². The Morgan fingerprint density at radius 2 is 0.806 bits per heavy atom. The van der Waals surface area contributed by atoms with E-state index in [4.69, 9.17) is 0 Å². The summed E-state index contributed by atoms with van der Waals surface area (Å²) < 4.78 is 133. The number of benzene rings is 2. The SMILES string of the molecule is Cc1cc(C)cc([C@H]([N-]S(=O)(=O)C(F)(F)F)[C@@H]([N-]S(=O)(=O)C(F)(F)F)c2cc(C)cc(C)c2)c1.[Al+3].[CH3-]. The van der Waals surface area contributed by atoms with Crippen LogP contribution < -0.4 is 0 Å². The van der Waals surface area contributed by atoms with E-state index in [0.29, 0.717) is 22.3 Å². The first-order valence-corrected chi connectivity index (χ1v) is 12.3. The maximum absolute atomic E-state index is 13.2. The summed E-state index contributed by atoms with van der Waals surface area (Å²) >= 11 is 0. The van der Waals surface area contributed by atoms with Gasteiger partial charge in [0.2, 0.25) is 0 Å². The minimum Gasteiger partial charge on any atom is -0.536 e. The number of hydrogen-bond donors (Lipinski definition) is 0. The molecule has 0 bridgehead atoms. The van der Waals surface area contributed by atoms with Crippen molar-refractivity contribution in [3.05, 3.63) is 86.6 Å². The molecule has 0 radical (unpaired) electrons. The fourth-order valence-corrected chi connectivity index (χ4v) is 4.69. The third kappa shape index (κ3) is 8.19. The van der Waals surface area contributed by atoms with Crippen molar-refractivity contribution >= 4 is 37.4 Å². The zero-order chi connectivity index (χ0) is 26.3. The molecule has 2 aromatic carbocycles. The molecule has 0 saturated carbocycles. The van der Waals surface area contributed by atoms with Crippen LogP contribution in [0.15, 0.2) is 36.4 Å². The summed E-state index contributed by atoms with van der Waals surface area (Å²) in [6.07, 6.45) is 0. The quantitative estimate of drug-likeness (QED) is 0.224. The molecule has 0 spiro atoms. The molecule has 0 amide bonds. The van der Waals surface area contributed by atoms with Crippen molar-refractivity contribution in [1.82, 2.24) is 0 Å². The van der Waals surface area contributed by atoms with Gasteiger partial charge in [0, 0.05) is 0 Å². The second-order valence-corrected chi connectivity index (χ2v) is 11.0. The van der Waals surface area contributed by atoms with Crippen molar-refractivity contribution < 1.29 is 43.2 Å². The Labute approximate surface area is 217 Å². The molecule has 0 aliphatic heterocycles. The Kier molecular flexibility index (Phi) is 11.3. The van der Waals surface area contributed by atoms with Crippen molar-refractivity contribution in [2.45, 2.75) is 50.8 Å². The van der Waals surface area contributed by atoms with Gasteiger partial charge in [-0.05, 0) is 27.7 Å². The zero-order valence-electron chi connectivity index (χ0n) is 19.8. The van der Waals surface area contributed by atoms with Gasteiger partial charge in [0.25, 0.3) is 0 Å². The standard InChI is InChI=1S/C20H20F6N2O4S2.CH3.Al/c1-11-5-12(2)8-15(7-11)17(27-33(29,30)19(21,22)23)18(28-34(31,32)20(24,25)26)16-9-13(3)6-14(4)10-16;;/h5-10,17-18H,1-4H3;1H3;/q-2;-1;+3/t17-,18-;;/m0../s1. The van der Waals surface area contributed by atoms with Crippen LogP contribution in [0.1, 0.15) is 45.5 Å². The van der Waals surface area contributed by atoms with E-state index in [1.165, 1.54) is 52.0 Å². The molecular weight excluding hydrogens is 549 g/mol. The molecule has 2 rings (SSSR count). The molecule has 0 unspecified atom stereocenters. The topological polar surface area (TPSA) is 96.5 Å². The molecule has 15 heteroatoms. The number of sulfonamides is 2. The van der Waals surface area contributed by atoms with E-state index < -0.39 is 43.1 Å². The molecule has 198 valence electrons. The minimum atomic E-state index is -6.25. The average molecular weight is 573 g/mol. The van der Waals surface area contributed by atoms with Gasteiger partial charge < -0.3 is 16.9 Å². The fraction of sp³-hybridized carbons (Fsp3) is 0.381. The van der Waals surface area contributed by atoms with Crippen LogP contribution >= 0.6 is 0 Å². The van der Waals surface area contributed by atoms with Crippen LogP contribution in [0.2, 0.25) is 0 Å². The number of alkyl halides is 6. The van der Waals surface area contributed by atoms with Gasteiger partial charge in [-0.15, -0.1) is 12.1 Å². The summed E-state index contributed by atoms with van der Waals surface area (Å²) in [5, 5.41) is 0. The first kappa shape index (κ1) is 34.4. The van der Waals surface area contributed by atoms with E-state index in [-0.39, 0.29) is 35.9 Å². The molecule has 0 N–H and O–H groups in total. The predicted octanol–water partition coefficient (Wildman–Crippen LogP) is 6.22. The molecule has 0 aliphatic rings. The normalized spacial score (nSPS) is 14.4. The second-order valence-electron chi connectivity index (χ2n) is 7.78. The Morgan fingerprint density at radius 3 is 1.00 bits per heavy atom. The number of hydrogen-bond acceptors (Lipinski definition) is 4. The van der Waals surface area contributed by atoms with Crippen molar-refractivity contribution in [3.63, 3.8) is 0 Å². The summed E-state index contributed by atoms with van der Waals surface area (Å²) in [5.41, 5.74) is -10.5. The van der Waals surface area contributed by atoms with E-state index in [9.17, 15) is 43.2 Å². The first-order valence-electron chi connectivity index (χ1n) is 9.47. The van der Waals surface area contributed by atoms with Crippen LogP contribution in [0.25, 0.3) is 9.44 Å². The second kappa shape index (κ2) is 11.8. The summed E-state index contributed by atoms with van der Waals surface area (Å²) in [4.78, 5) is 0. The maximum Gasteiger partial charge on any atom is 3.00 e. The molecule has 0 saturated heterocycles. The van der Waals surface area contributed by atoms with Gasteiger partial charge in [0.05, 0.1) is 0 Å². The Bertz CT molecular complexity index is 1140. The van der Waals surface area contributed by atoms with Gasteiger partial charge in [-0.1, -0.05) is 69.8 Å². The monoisotopic (exact) mass is 572 g/mol. The molecule has 0 fully saturated rings. The third-order valence-corrected chi connectivity index (χ3v) is 6.74. The van der Waals surface area contributed by atoms with Gasteiger partial charge >= 0.3 is 28.4 Å². The van der Waals surface area contributed by atoms with Crippen LogP contribution in [0.3, 0.4) is 0 Å². The van der Waals surface area contributed by atoms with Gasteiger partial charge in [-0.3, -0.25) is 0 Å². The van der Waals surface area contributed by atoms with E-state index in [0.717, 1.165) is 0 Å². The Hall–Kier alpha value is -1.63. The predicted molar refractivity (Wildman–Crippen MR) is 126 cm³/mol. The molecule has 6 nitrogen and oxygen atoms in total. The molecule has 36 heavy (non-hydrogen) atoms. The Balaban J connectivity index is 0.00000612. The summed E-state index contributed by atoms with van der Waals surface area (Å²) in [6, 6.07) is 3.46. The summed E-state index contributed by atoms with van der Waals surface area (Å²) in [6.45, 7) is 6.06. The molecule has 0 aliphatic carbocycles. The van der Waals surface area contributed by atoms with E-state index in [1.807, 2.05) is 0 Å². The first-order chi connectivity index (χ1) is 15.2. The Morgan fingerprint density at radius 1 is 0.583 bits per heavy atom. The fourth-order valence-electron chi connectivity index (χ4n) is 3.38. The summed E-state index contributed by atoms with van der Waals surface area (Å²) in [5.74, 6) is 0. The van der Waals surface area contributed by atoms with Crippen molar-refractivity contribution in [1.29, 1.82) is 0 Å². The van der Waals surface area contributed by atoms with Crippen molar-refractivity contribution in [2.24, 2.45) is 0 Å². The molecule has 0 heterocycles. The van der Waals surface area contributed by atoms with Crippen LogP contribution in [-0.2, 0) is 20.0 Å². The van der Waals surface area contributed by atoms with Gasteiger partial charge in [-0.25, -0.2) is 16.8 Å². The molecule has 2 atom stereocenters. The average Bonchev–Trinajstić information content (AvgIpc) is 2.61. The molecule has 2 aromatic rings. The van der Waals surface area contributed by atoms with Crippen LogP contribution in [0, 0.1) is 35.1 Å². The van der Waals surface area contributed by atoms with Gasteiger partial charge in [0.1, 0.15) is 0 Å². The number of rotatable bonds is 7. The third-order valence-electron chi connectivity index (χ3n) is 4.56. The number of nitrogens with zero attached hydrogens (tertiary/aromatic N) is 2. The van der Waals surface area contributed by atoms with Crippen molar-refractivity contribution in [3.8, 4) is 0 Å². The van der Waals surface area contributed by atoms with E-state index >= 15 is 0 Å². The maximum atomic E-state index is 13.2.